The Labute approximate surface area is 194 Å². The van der Waals surface area contributed by atoms with Crippen LogP contribution in [0.3, 0.4) is 0 Å². The Bertz CT molecular complexity index is 1230. The molecule has 170 valence electrons. The number of rotatable bonds is 7. The van der Waals surface area contributed by atoms with E-state index in [9.17, 15) is 10.1 Å². The smallest absolute Gasteiger partial charge is 0.411 e. The Morgan fingerprint density at radius 2 is 1.97 bits per heavy atom. The van der Waals surface area contributed by atoms with Crippen LogP contribution in [0.1, 0.15) is 57.6 Å². The third-order valence-corrected chi connectivity index (χ3v) is 6.90. The molecule has 2 saturated carbocycles. The number of aromatic nitrogens is 1. The summed E-state index contributed by atoms with van der Waals surface area (Å²) in [5, 5.41) is 13.8. The number of benzene rings is 2. The molecule has 0 saturated heterocycles. The molecular weight excluding hydrogens is 414 g/mol. The fraction of sp³-hybridized carbons (Fsp3) is 0.407. The molecule has 2 aliphatic rings. The molecule has 6 heteroatoms. The van der Waals surface area contributed by atoms with E-state index in [1.807, 2.05) is 49.4 Å². The third kappa shape index (κ3) is 4.16. The fourth-order valence-corrected chi connectivity index (χ4v) is 4.43. The molecule has 33 heavy (non-hydrogen) atoms. The topological polar surface area (TPSA) is 76.3 Å². The van der Waals surface area contributed by atoms with E-state index >= 15 is 0 Å². The zero-order valence-electron chi connectivity index (χ0n) is 19.2. The van der Waals surface area contributed by atoms with Crippen LogP contribution in [0.15, 0.2) is 42.5 Å². The molecular formula is C27H29N3O3. The molecule has 0 aliphatic heterocycles. The first-order valence-corrected chi connectivity index (χ1v) is 11.8. The number of hydrogen-bond donors (Lipinski definition) is 1. The number of ether oxygens (including phenoxy) is 2. The molecule has 1 amide bonds. The number of fused-ring (bicyclic) bond motifs is 1. The van der Waals surface area contributed by atoms with Crippen LogP contribution in [0.2, 0.25) is 0 Å². The standard InChI is InChI=1S/C27H29N3O3/c1-3-32-21-11-12-22-23(16-28)25(30(24(22)15-21)20-5-4-6-20)18-7-9-19(10-8-18)29-26(31)33-17-27(2)13-14-27/h7-12,15,20H,3-6,13-14,17H2,1-2H3,(H,29,31). The first kappa shape index (κ1) is 21.4. The van der Waals surface area contributed by atoms with Crippen molar-refractivity contribution in [2.75, 3.05) is 18.5 Å². The first-order valence-electron chi connectivity index (χ1n) is 11.8. The van der Waals surface area contributed by atoms with E-state index < -0.39 is 6.09 Å². The van der Waals surface area contributed by atoms with Gasteiger partial charge in [-0.25, -0.2) is 4.79 Å². The van der Waals surface area contributed by atoms with Crippen LogP contribution in [0.5, 0.6) is 5.75 Å². The fourth-order valence-electron chi connectivity index (χ4n) is 4.43. The number of carbonyl (C=O) groups excluding carboxylic acids is 1. The second kappa shape index (κ2) is 8.47. The number of amides is 1. The van der Waals surface area contributed by atoms with E-state index in [0.717, 1.165) is 53.6 Å². The molecule has 1 heterocycles. The second-order valence-electron chi connectivity index (χ2n) is 9.49. The Balaban J connectivity index is 1.47. The predicted octanol–water partition coefficient (Wildman–Crippen LogP) is 6.65. The molecule has 0 atom stereocenters. The molecule has 2 aromatic carbocycles. The quantitative estimate of drug-likeness (QED) is 0.443. The lowest BCUT2D eigenvalue weighted by Crippen LogP contribution is -2.18. The van der Waals surface area contributed by atoms with Crippen LogP contribution >= 0.6 is 0 Å². The highest BCUT2D eigenvalue weighted by atomic mass is 16.5. The SMILES string of the molecule is CCOc1ccc2c(C#N)c(-c3ccc(NC(=O)OCC4(C)CC4)cc3)n(C3CCC3)c2c1. The van der Waals surface area contributed by atoms with Crippen molar-refractivity contribution in [2.24, 2.45) is 5.41 Å². The lowest BCUT2D eigenvalue weighted by atomic mass is 9.92. The van der Waals surface area contributed by atoms with Crippen LogP contribution in [0.4, 0.5) is 10.5 Å². The number of nitrogens with zero attached hydrogens (tertiary/aromatic N) is 2. The Kier molecular flexibility index (Phi) is 5.49. The molecule has 0 bridgehead atoms. The monoisotopic (exact) mass is 443 g/mol. The molecule has 1 N–H and O–H groups in total. The van der Waals surface area contributed by atoms with Crippen LogP contribution in [-0.2, 0) is 4.74 Å². The van der Waals surface area contributed by atoms with E-state index in [1.54, 1.807) is 0 Å². The molecule has 2 aliphatic carbocycles. The maximum absolute atomic E-state index is 12.1. The van der Waals surface area contributed by atoms with Crippen LogP contribution in [0, 0.1) is 16.7 Å². The zero-order chi connectivity index (χ0) is 23.0. The van der Waals surface area contributed by atoms with Gasteiger partial charge >= 0.3 is 6.09 Å². The minimum Gasteiger partial charge on any atom is -0.494 e. The van der Waals surface area contributed by atoms with Crippen molar-refractivity contribution in [3.63, 3.8) is 0 Å². The van der Waals surface area contributed by atoms with E-state index in [0.29, 0.717) is 30.5 Å². The molecule has 5 rings (SSSR count). The summed E-state index contributed by atoms with van der Waals surface area (Å²) in [7, 11) is 0. The summed E-state index contributed by atoms with van der Waals surface area (Å²) in [5.41, 5.74) is 4.44. The maximum atomic E-state index is 12.1. The minimum atomic E-state index is -0.430. The van der Waals surface area contributed by atoms with Gasteiger partial charge in [-0.15, -0.1) is 0 Å². The predicted molar refractivity (Wildman–Crippen MR) is 128 cm³/mol. The summed E-state index contributed by atoms with van der Waals surface area (Å²) in [6.07, 6.45) is 5.19. The van der Waals surface area contributed by atoms with Gasteiger partial charge in [-0.3, -0.25) is 5.32 Å². The zero-order valence-corrected chi connectivity index (χ0v) is 19.2. The molecule has 1 aromatic heterocycles. The lowest BCUT2D eigenvalue weighted by Gasteiger charge is -2.30. The minimum absolute atomic E-state index is 0.159. The van der Waals surface area contributed by atoms with Gasteiger partial charge in [0.15, 0.2) is 0 Å². The largest absolute Gasteiger partial charge is 0.494 e. The molecule has 0 radical (unpaired) electrons. The van der Waals surface area contributed by atoms with Gasteiger partial charge in [-0.2, -0.15) is 5.26 Å². The van der Waals surface area contributed by atoms with Crippen molar-refractivity contribution in [1.29, 1.82) is 5.26 Å². The van der Waals surface area contributed by atoms with Gasteiger partial charge in [0.2, 0.25) is 0 Å². The maximum Gasteiger partial charge on any atom is 0.411 e. The van der Waals surface area contributed by atoms with Gasteiger partial charge in [0.05, 0.1) is 30.0 Å². The molecule has 2 fully saturated rings. The molecule has 6 nitrogen and oxygen atoms in total. The van der Waals surface area contributed by atoms with E-state index in [2.05, 4.69) is 22.9 Å². The number of hydrogen-bond acceptors (Lipinski definition) is 4. The van der Waals surface area contributed by atoms with E-state index in [-0.39, 0.29) is 5.41 Å². The van der Waals surface area contributed by atoms with Gasteiger partial charge in [-0.05, 0) is 68.9 Å². The summed E-state index contributed by atoms with van der Waals surface area (Å²) < 4.78 is 13.4. The van der Waals surface area contributed by atoms with Crippen molar-refractivity contribution in [1.82, 2.24) is 4.57 Å². The van der Waals surface area contributed by atoms with Gasteiger partial charge in [-0.1, -0.05) is 19.1 Å². The van der Waals surface area contributed by atoms with Crippen LogP contribution < -0.4 is 10.1 Å². The Morgan fingerprint density at radius 3 is 2.58 bits per heavy atom. The van der Waals surface area contributed by atoms with Gasteiger partial charge in [0.1, 0.15) is 11.8 Å². The summed E-state index contributed by atoms with van der Waals surface area (Å²) in [6, 6.07) is 16.4. The Morgan fingerprint density at radius 1 is 1.21 bits per heavy atom. The van der Waals surface area contributed by atoms with Crippen molar-refractivity contribution in [2.45, 2.75) is 52.0 Å². The number of carbonyl (C=O) groups is 1. The molecule has 0 spiro atoms. The number of anilines is 1. The second-order valence-corrected chi connectivity index (χ2v) is 9.49. The summed E-state index contributed by atoms with van der Waals surface area (Å²) >= 11 is 0. The molecule has 0 unspecified atom stereocenters. The van der Waals surface area contributed by atoms with E-state index in [1.165, 1.54) is 6.42 Å². The van der Waals surface area contributed by atoms with Crippen LogP contribution in [0.25, 0.3) is 22.2 Å². The Hall–Kier alpha value is -3.46. The van der Waals surface area contributed by atoms with Gasteiger partial charge in [0.25, 0.3) is 0 Å². The number of nitriles is 1. The van der Waals surface area contributed by atoms with Crippen LogP contribution in [-0.4, -0.2) is 23.9 Å². The van der Waals surface area contributed by atoms with E-state index in [4.69, 9.17) is 9.47 Å². The third-order valence-electron chi connectivity index (χ3n) is 6.90. The van der Waals surface area contributed by atoms with Crippen molar-refractivity contribution >= 4 is 22.7 Å². The number of nitrogens with one attached hydrogen (secondary N) is 1. The molecule has 3 aromatic rings. The van der Waals surface area contributed by atoms with Gasteiger partial charge in [0, 0.05) is 28.6 Å². The highest BCUT2D eigenvalue weighted by Crippen LogP contribution is 2.45. The average molecular weight is 444 g/mol. The average Bonchev–Trinajstić information content (AvgIpc) is 3.44. The highest BCUT2D eigenvalue weighted by molar-refractivity contribution is 5.96. The summed E-state index contributed by atoms with van der Waals surface area (Å²) in [5.74, 6) is 0.817. The van der Waals surface area contributed by atoms with Gasteiger partial charge < -0.3 is 14.0 Å². The summed E-state index contributed by atoms with van der Waals surface area (Å²) in [4.78, 5) is 12.1. The first-order chi connectivity index (χ1) is 16.0. The summed E-state index contributed by atoms with van der Waals surface area (Å²) in [6.45, 7) is 5.15. The van der Waals surface area contributed by atoms with Crippen molar-refractivity contribution in [3.05, 3.63) is 48.0 Å². The highest BCUT2D eigenvalue weighted by Gasteiger charge is 2.38. The van der Waals surface area contributed by atoms with Crippen molar-refractivity contribution in [3.8, 4) is 23.1 Å². The van der Waals surface area contributed by atoms with Crippen molar-refractivity contribution < 1.29 is 14.3 Å². The normalized spacial score (nSPS) is 16.6. The lowest BCUT2D eigenvalue weighted by molar-refractivity contribution is 0.139.